The Hall–Kier alpha value is -1.02. The molecule has 0 N–H and O–H groups in total. The van der Waals surface area contributed by atoms with Crippen LogP contribution in [-0.4, -0.2) is 18.1 Å². The molecule has 0 aromatic heterocycles. The van der Waals surface area contributed by atoms with Gasteiger partial charge in [-0.3, -0.25) is 10.7 Å². The molecule has 8 heavy (non-hydrogen) atoms. The first-order valence-corrected chi connectivity index (χ1v) is 1.73. The third-order valence-electron chi connectivity index (χ3n) is 0.422. The third-order valence-corrected chi connectivity index (χ3v) is 0.422. The van der Waals surface area contributed by atoms with Crippen LogP contribution in [0.15, 0.2) is 6.08 Å². The number of alkyl halides is 2. The van der Waals surface area contributed by atoms with Crippen molar-refractivity contribution in [1.82, 2.24) is 0 Å². The molecular weight excluding hydrogens is 116 g/mol. The summed E-state index contributed by atoms with van der Waals surface area (Å²) in [7, 11) is 0. The lowest BCUT2D eigenvalue weighted by Crippen LogP contribution is -2.04. The van der Waals surface area contributed by atoms with Crippen molar-refractivity contribution in [1.29, 1.82) is 0 Å². The van der Waals surface area contributed by atoms with Crippen LogP contribution in [0.4, 0.5) is 8.78 Å². The second-order valence-corrected chi connectivity index (χ2v) is 0.977. The minimum absolute atomic E-state index is 0.282. The van der Waals surface area contributed by atoms with Crippen LogP contribution in [0.2, 0.25) is 0 Å². The molecule has 0 unspecified atom stereocenters. The van der Waals surface area contributed by atoms with Crippen molar-refractivity contribution >= 4 is 11.7 Å². The van der Waals surface area contributed by atoms with Crippen LogP contribution in [0.1, 0.15) is 0 Å². The molecule has 0 saturated carbocycles. The number of rotatable bonds is 2. The van der Waals surface area contributed by atoms with Crippen molar-refractivity contribution in [3.63, 3.8) is 0 Å². The second-order valence-electron chi connectivity index (χ2n) is 0.977. The molecule has 0 rings (SSSR count). The number of ketones is 1. The minimum Gasteiger partial charge on any atom is -0.763 e. The van der Waals surface area contributed by atoms with Gasteiger partial charge in [-0.15, -0.1) is 0 Å². The van der Waals surface area contributed by atoms with Crippen LogP contribution < -0.4 is 0 Å². The van der Waals surface area contributed by atoms with E-state index in [1.807, 2.05) is 0 Å². The fraction of sp³-hybridized carbons (Fsp3) is 0.250. The van der Waals surface area contributed by atoms with Crippen LogP contribution in [0.25, 0.3) is 5.41 Å². The van der Waals surface area contributed by atoms with Crippen LogP contribution in [0.3, 0.4) is 0 Å². The Bertz CT molecular complexity index is 137. The number of hydrogen-bond acceptors (Lipinski definition) is 1. The summed E-state index contributed by atoms with van der Waals surface area (Å²) < 4.78 is 22.2. The molecule has 0 saturated heterocycles. The molecule has 4 heteroatoms. The molecule has 2 nitrogen and oxygen atoms in total. The number of hydrogen-bond donors (Lipinski definition) is 0. The van der Waals surface area contributed by atoms with Crippen molar-refractivity contribution < 1.29 is 13.6 Å². The van der Waals surface area contributed by atoms with E-state index in [0.717, 1.165) is 0 Å². The predicted octanol–water partition coefficient (Wildman–Crippen LogP) is 0.616. The highest BCUT2D eigenvalue weighted by Gasteiger charge is 2.08. The molecule has 0 fully saturated rings. The Balaban J connectivity index is 3.84. The zero-order chi connectivity index (χ0) is 6.57. The molecule has 0 heterocycles. The maximum absolute atomic E-state index is 11.1. The smallest absolute Gasteiger partial charge is 0.300 e. The van der Waals surface area contributed by atoms with Crippen molar-refractivity contribution in [3.8, 4) is 0 Å². The number of halogens is 2. The van der Waals surface area contributed by atoms with Crippen molar-refractivity contribution in [2.45, 2.75) is 6.43 Å². The maximum Gasteiger partial charge on any atom is 0.300 e. The van der Waals surface area contributed by atoms with Crippen molar-refractivity contribution in [3.05, 3.63) is 11.5 Å². The summed E-state index contributed by atoms with van der Waals surface area (Å²) in [5.74, 6) is -0.243. The number of allylic oxidation sites excluding steroid dienone is 1. The van der Waals surface area contributed by atoms with Gasteiger partial charge in [0.05, 0.1) is 0 Å². The standard InChI is InChI=1S/C4H2F2NO/c5-4(6)3(8)1-2-7/h1,4H/q-1. The molecule has 0 radical (unpaired) electrons. The van der Waals surface area contributed by atoms with Crippen molar-refractivity contribution in [2.24, 2.45) is 0 Å². The van der Waals surface area contributed by atoms with Crippen molar-refractivity contribution in [2.75, 3.05) is 0 Å². The number of carbonyl (C=O) groups is 1. The predicted molar refractivity (Wildman–Crippen MR) is 23.9 cm³/mol. The summed E-state index contributed by atoms with van der Waals surface area (Å²) in [5.41, 5.74) is 0. The fourth-order valence-electron chi connectivity index (χ4n) is 0.127. The fourth-order valence-corrected chi connectivity index (χ4v) is 0.127. The molecule has 44 valence electrons. The van der Waals surface area contributed by atoms with Gasteiger partial charge in [-0.25, -0.2) is 8.78 Å². The lowest BCUT2D eigenvalue weighted by molar-refractivity contribution is -0.124. The lowest BCUT2D eigenvalue weighted by atomic mass is 10.4. The molecule has 0 aromatic carbocycles. The van der Waals surface area contributed by atoms with Gasteiger partial charge < -0.3 is 5.41 Å². The van der Waals surface area contributed by atoms with Gasteiger partial charge in [0.15, 0.2) is 0 Å². The quantitative estimate of drug-likeness (QED) is 0.387. The van der Waals surface area contributed by atoms with E-state index < -0.39 is 12.2 Å². The lowest BCUT2D eigenvalue weighted by Gasteiger charge is -1.85. The van der Waals surface area contributed by atoms with E-state index in [9.17, 15) is 13.6 Å². The summed E-state index contributed by atoms with van der Waals surface area (Å²) >= 11 is 0. The number of nitrogens with zero attached hydrogens (tertiary/aromatic N) is 1. The summed E-state index contributed by atoms with van der Waals surface area (Å²) in [6.45, 7) is 0. The normalized spacial score (nSPS) is 8.38. The maximum atomic E-state index is 11.1. The first-order valence-electron chi connectivity index (χ1n) is 1.73. The highest BCUT2D eigenvalue weighted by atomic mass is 19.3. The summed E-state index contributed by atoms with van der Waals surface area (Å²) in [4.78, 5) is 9.71. The molecule has 0 aromatic rings. The molecule has 0 spiro atoms. The van der Waals surface area contributed by atoms with Gasteiger partial charge in [0.1, 0.15) is 0 Å². The minimum atomic E-state index is -3.05. The van der Waals surface area contributed by atoms with Gasteiger partial charge >= 0.3 is 0 Å². The average molecular weight is 118 g/mol. The van der Waals surface area contributed by atoms with E-state index in [1.54, 1.807) is 0 Å². The van der Waals surface area contributed by atoms with Crippen LogP contribution >= 0.6 is 0 Å². The third kappa shape index (κ3) is 2.21. The van der Waals surface area contributed by atoms with Crippen LogP contribution in [-0.2, 0) is 4.79 Å². The molecule has 0 atom stereocenters. The van der Waals surface area contributed by atoms with E-state index in [2.05, 4.69) is 0 Å². The molecule has 0 aliphatic rings. The van der Waals surface area contributed by atoms with Crippen LogP contribution in [0.5, 0.6) is 0 Å². The van der Waals surface area contributed by atoms with E-state index in [0.29, 0.717) is 0 Å². The first-order chi connectivity index (χ1) is 3.68. The van der Waals surface area contributed by atoms with Gasteiger partial charge in [-0.05, 0) is 0 Å². The Morgan fingerprint density at radius 2 is 2.25 bits per heavy atom. The highest BCUT2D eigenvalue weighted by Crippen LogP contribution is 1.92. The Morgan fingerprint density at radius 3 is 2.38 bits per heavy atom. The average Bonchev–Trinajstić information content (AvgIpc) is 1.67. The van der Waals surface area contributed by atoms with Gasteiger partial charge in [-0.1, -0.05) is 0 Å². The number of carbonyl (C=O) groups excluding carboxylic acids is 1. The largest absolute Gasteiger partial charge is 0.763 e. The Kier molecular flexibility index (Phi) is 2.66. The van der Waals surface area contributed by atoms with Gasteiger partial charge in [0.2, 0.25) is 5.78 Å². The zero-order valence-corrected chi connectivity index (χ0v) is 3.77. The van der Waals surface area contributed by atoms with E-state index in [4.69, 9.17) is 5.41 Å². The van der Waals surface area contributed by atoms with E-state index >= 15 is 0 Å². The van der Waals surface area contributed by atoms with E-state index in [1.165, 1.54) is 5.87 Å². The monoisotopic (exact) mass is 118 g/mol. The van der Waals surface area contributed by atoms with Gasteiger partial charge in [-0.2, -0.15) is 0 Å². The zero-order valence-electron chi connectivity index (χ0n) is 3.77. The van der Waals surface area contributed by atoms with E-state index in [-0.39, 0.29) is 6.08 Å². The molecule has 0 aliphatic carbocycles. The van der Waals surface area contributed by atoms with Crippen LogP contribution in [0, 0.1) is 0 Å². The Labute approximate surface area is 44.3 Å². The molecule has 0 amide bonds. The summed E-state index contributed by atoms with van der Waals surface area (Å²) in [6.07, 6.45) is -2.76. The van der Waals surface area contributed by atoms with Gasteiger partial charge in [0.25, 0.3) is 6.43 Å². The topological polar surface area (TPSA) is 39.4 Å². The molecular formula is C4H2F2NO-. The second kappa shape index (κ2) is 3.04. The van der Waals surface area contributed by atoms with Gasteiger partial charge in [0, 0.05) is 6.08 Å². The summed E-state index contributed by atoms with van der Waals surface area (Å²) in [6, 6.07) is 0. The first kappa shape index (κ1) is 6.98. The molecule has 0 bridgehead atoms. The highest BCUT2D eigenvalue weighted by molar-refractivity contribution is 5.99. The summed E-state index contributed by atoms with van der Waals surface area (Å²) in [5, 5.41) is 7.63. The SMILES string of the molecule is [N-]=C=CC(=O)C(F)F. The molecule has 0 aliphatic heterocycles. The Morgan fingerprint density at radius 1 is 1.75 bits per heavy atom.